The largest absolute Gasteiger partial charge is 0.444 e. The van der Waals surface area contributed by atoms with Crippen molar-refractivity contribution < 1.29 is 14.6 Å². The topological polar surface area (TPSA) is 58.6 Å². The number of amides is 1. The van der Waals surface area contributed by atoms with Gasteiger partial charge in [0.25, 0.3) is 0 Å². The quantitative estimate of drug-likeness (QED) is 0.645. The molecule has 0 rings (SSSR count). The molecule has 0 aromatic carbocycles. The molecule has 15 heavy (non-hydrogen) atoms. The molecule has 0 fully saturated rings. The fourth-order valence-electron chi connectivity index (χ4n) is 0.766. The van der Waals surface area contributed by atoms with Crippen LogP contribution in [0.5, 0.6) is 0 Å². The van der Waals surface area contributed by atoms with E-state index in [9.17, 15) is 4.79 Å². The predicted octanol–water partition coefficient (Wildman–Crippen LogP) is 1.28. The minimum atomic E-state index is -0.687. The lowest BCUT2D eigenvalue weighted by Gasteiger charge is -2.20. The second-order valence-corrected chi connectivity index (χ2v) is 4.33. The van der Waals surface area contributed by atoms with Crippen LogP contribution in [0.15, 0.2) is 0 Å². The van der Waals surface area contributed by atoms with Crippen molar-refractivity contribution >= 4 is 6.09 Å². The minimum absolute atomic E-state index is 0.338. The van der Waals surface area contributed by atoms with E-state index in [1.807, 2.05) is 0 Å². The Morgan fingerprint density at radius 2 is 1.87 bits per heavy atom. The van der Waals surface area contributed by atoms with Crippen molar-refractivity contribution in [3.8, 4) is 11.8 Å². The average molecular weight is 213 g/mol. The zero-order chi connectivity index (χ0) is 12.1. The molecule has 0 heterocycles. The van der Waals surface area contributed by atoms with E-state index in [1.165, 1.54) is 0 Å². The van der Waals surface area contributed by atoms with Gasteiger partial charge in [-0.2, -0.15) is 0 Å². The molecule has 86 valence electrons. The van der Waals surface area contributed by atoms with Gasteiger partial charge in [0.15, 0.2) is 0 Å². The van der Waals surface area contributed by atoms with E-state index < -0.39 is 17.8 Å². The molecule has 1 amide bonds. The smallest absolute Gasteiger partial charge is 0.408 e. The summed E-state index contributed by atoms with van der Waals surface area (Å²) in [6.45, 7) is 8.66. The number of hydrogen-bond acceptors (Lipinski definition) is 3. The van der Waals surface area contributed by atoms with Gasteiger partial charge in [0.05, 0.1) is 6.04 Å². The maximum Gasteiger partial charge on any atom is 0.408 e. The number of aliphatic hydroxyl groups is 1. The molecule has 0 unspecified atom stereocenters. The fraction of sp³-hybridized carbons (Fsp3) is 0.727. The molecule has 0 spiro atoms. The zero-order valence-electron chi connectivity index (χ0n) is 9.92. The second kappa shape index (κ2) is 5.62. The maximum absolute atomic E-state index is 11.3. The van der Waals surface area contributed by atoms with E-state index in [0.29, 0.717) is 0 Å². The molecule has 0 saturated heterocycles. The maximum atomic E-state index is 11.3. The number of carbonyl (C=O) groups is 1. The number of ether oxygens (including phenoxy) is 1. The number of alkyl carbamates (subject to hydrolysis) is 1. The lowest BCUT2D eigenvalue weighted by Crippen LogP contribution is -2.37. The molecule has 4 heteroatoms. The average Bonchev–Trinajstić information content (AvgIpc) is 1.96. The summed E-state index contributed by atoms with van der Waals surface area (Å²) in [6.07, 6.45) is -1.19. The van der Waals surface area contributed by atoms with E-state index in [2.05, 4.69) is 17.2 Å². The Balaban J connectivity index is 4.05. The third kappa shape index (κ3) is 9.10. The van der Waals surface area contributed by atoms with Gasteiger partial charge < -0.3 is 15.2 Å². The Morgan fingerprint density at radius 1 is 1.33 bits per heavy atom. The summed E-state index contributed by atoms with van der Waals surface area (Å²) in [6, 6.07) is -0.338. The number of carbonyl (C=O) groups excluding carboxylic acids is 1. The normalized spacial score (nSPS) is 14.5. The Labute approximate surface area is 91.0 Å². The van der Waals surface area contributed by atoms with Crippen molar-refractivity contribution in [2.75, 3.05) is 0 Å². The van der Waals surface area contributed by atoms with Crippen molar-refractivity contribution in [2.24, 2.45) is 0 Å². The summed E-state index contributed by atoms with van der Waals surface area (Å²) in [7, 11) is 0. The standard InChI is InChI=1S/C11H19NO3/c1-8(6-7-9(2)13)12-10(14)15-11(3,4)5/h8-9,13H,1-5H3,(H,12,14)/t8-,9-/m0/s1. The van der Waals surface area contributed by atoms with Crippen LogP contribution >= 0.6 is 0 Å². The van der Waals surface area contributed by atoms with E-state index in [1.54, 1.807) is 34.6 Å². The number of rotatable bonds is 1. The molecule has 0 saturated carbocycles. The van der Waals surface area contributed by atoms with Crippen LogP contribution in [-0.4, -0.2) is 28.9 Å². The van der Waals surface area contributed by atoms with Gasteiger partial charge in [-0.25, -0.2) is 4.79 Å². The highest BCUT2D eigenvalue weighted by molar-refractivity contribution is 5.68. The molecule has 0 aliphatic rings. The minimum Gasteiger partial charge on any atom is -0.444 e. The first kappa shape index (κ1) is 13.8. The summed E-state index contributed by atoms with van der Waals surface area (Å²) in [5.74, 6) is 5.24. The Hall–Kier alpha value is -1.21. The van der Waals surface area contributed by atoms with Gasteiger partial charge in [0.1, 0.15) is 11.7 Å². The predicted molar refractivity (Wildman–Crippen MR) is 58.3 cm³/mol. The molecule has 2 N–H and O–H groups in total. The first-order valence-electron chi connectivity index (χ1n) is 4.89. The molecule has 0 aliphatic carbocycles. The van der Waals surface area contributed by atoms with Crippen LogP contribution in [0.25, 0.3) is 0 Å². The second-order valence-electron chi connectivity index (χ2n) is 4.33. The lowest BCUT2D eigenvalue weighted by atomic mass is 10.2. The highest BCUT2D eigenvalue weighted by atomic mass is 16.6. The zero-order valence-corrected chi connectivity index (χ0v) is 9.92. The molecule has 0 aromatic rings. The summed E-state index contributed by atoms with van der Waals surface area (Å²) < 4.78 is 5.03. The fourth-order valence-corrected chi connectivity index (χ4v) is 0.766. The van der Waals surface area contributed by atoms with E-state index in [-0.39, 0.29) is 6.04 Å². The van der Waals surface area contributed by atoms with E-state index in [0.717, 1.165) is 0 Å². The van der Waals surface area contributed by atoms with Gasteiger partial charge in [0.2, 0.25) is 0 Å². The molecule has 2 atom stereocenters. The van der Waals surface area contributed by atoms with Crippen molar-refractivity contribution in [3.05, 3.63) is 0 Å². The molecular formula is C11H19NO3. The van der Waals surface area contributed by atoms with Crippen LogP contribution in [-0.2, 0) is 4.74 Å². The number of aliphatic hydroxyl groups excluding tert-OH is 1. The van der Waals surface area contributed by atoms with Gasteiger partial charge in [-0.3, -0.25) is 0 Å². The summed E-state index contributed by atoms with van der Waals surface area (Å²) in [4.78, 5) is 11.3. The first-order valence-corrected chi connectivity index (χ1v) is 4.89. The molecule has 0 bridgehead atoms. The summed E-state index contributed by atoms with van der Waals surface area (Å²) in [5, 5.41) is 11.5. The molecular weight excluding hydrogens is 194 g/mol. The van der Waals surface area contributed by atoms with Crippen molar-refractivity contribution in [3.63, 3.8) is 0 Å². The molecule has 4 nitrogen and oxygen atoms in total. The third-order valence-electron chi connectivity index (χ3n) is 1.24. The molecule has 0 aliphatic heterocycles. The van der Waals surface area contributed by atoms with Gasteiger partial charge in [-0.05, 0) is 34.6 Å². The van der Waals surface area contributed by atoms with Gasteiger partial charge in [-0.1, -0.05) is 11.8 Å². The van der Waals surface area contributed by atoms with Crippen molar-refractivity contribution in [1.29, 1.82) is 0 Å². The van der Waals surface area contributed by atoms with E-state index in [4.69, 9.17) is 9.84 Å². The Morgan fingerprint density at radius 3 is 2.27 bits per heavy atom. The van der Waals surface area contributed by atoms with Crippen LogP contribution in [0.1, 0.15) is 34.6 Å². The Kier molecular flexibility index (Phi) is 5.16. The van der Waals surface area contributed by atoms with Crippen LogP contribution in [0, 0.1) is 11.8 Å². The molecule has 0 aromatic heterocycles. The molecule has 0 radical (unpaired) electrons. The SMILES string of the molecule is C[C@H](O)C#C[C@H](C)NC(=O)OC(C)(C)C. The van der Waals surface area contributed by atoms with Crippen LogP contribution < -0.4 is 5.32 Å². The Bertz CT molecular complexity index is 268. The summed E-state index contributed by atoms with van der Waals surface area (Å²) in [5.41, 5.74) is -0.512. The lowest BCUT2D eigenvalue weighted by molar-refractivity contribution is 0.0519. The van der Waals surface area contributed by atoms with E-state index >= 15 is 0 Å². The highest BCUT2D eigenvalue weighted by Gasteiger charge is 2.16. The first-order chi connectivity index (χ1) is 6.70. The van der Waals surface area contributed by atoms with Crippen LogP contribution in [0.4, 0.5) is 4.79 Å². The van der Waals surface area contributed by atoms with Crippen molar-refractivity contribution in [1.82, 2.24) is 5.32 Å². The van der Waals surface area contributed by atoms with Crippen LogP contribution in [0.3, 0.4) is 0 Å². The van der Waals surface area contributed by atoms with Crippen LogP contribution in [0.2, 0.25) is 0 Å². The van der Waals surface area contributed by atoms with Crippen molar-refractivity contribution in [2.45, 2.75) is 52.4 Å². The number of nitrogens with one attached hydrogen (secondary N) is 1. The third-order valence-corrected chi connectivity index (χ3v) is 1.24. The summed E-state index contributed by atoms with van der Waals surface area (Å²) >= 11 is 0. The number of hydrogen-bond donors (Lipinski definition) is 2. The van der Waals surface area contributed by atoms with Gasteiger partial charge in [0, 0.05) is 0 Å². The van der Waals surface area contributed by atoms with Gasteiger partial charge in [-0.15, -0.1) is 0 Å². The highest BCUT2D eigenvalue weighted by Crippen LogP contribution is 2.06. The van der Waals surface area contributed by atoms with Gasteiger partial charge >= 0.3 is 6.09 Å². The monoisotopic (exact) mass is 213 g/mol.